The monoisotopic (exact) mass is 313 g/mol. The number of carbonyl (C=O) groups excluding carboxylic acids is 1. The minimum absolute atomic E-state index is 0.0923. The summed E-state index contributed by atoms with van der Waals surface area (Å²) in [5.41, 5.74) is 4.28. The second-order valence-electron chi connectivity index (χ2n) is 5.01. The number of hydrogen-bond acceptors (Lipinski definition) is 6. The normalized spacial score (nSPS) is 22.9. The van der Waals surface area contributed by atoms with Crippen molar-refractivity contribution in [3.05, 3.63) is 33.8 Å². The molecule has 1 unspecified atom stereocenters. The first-order valence-electron chi connectivity index (χ1n) is 6.61. The van der Waals surface area contributed by atoms with Crippen molar-refractivity contribution in [1.82, 2.24) is 5.43 Å². The van der Waals surface area contributed by atoms with E-state index in [1.165, 1.54) is 13.2 Å². The third-order valence-corrected chi connectivity index (χ3v) is 4.83. The van der Waals surface area contributed by atoms with E-state index in [2.05, 4.69) is 10.2 Å². The van der Waals surface area contributed by atoms with Gasteiger partial charge in [-0.1, -0.05) is 11.6 Å². The molecule has 2 rings (SSSR count). The summed E-state index contributed by atoms with van der Waals surface area (Å²) >= 11 is 0. The fourth-order valence-electron chi connectivity index (χ4n) is 2.82. The Hall–Kier alpha value is -1.48. The molecule has 1 saturated carbocycles. The van der Waals surface area contributed by atoms with Gasteiger partial charge in [0.05, 0.1) is 23.6 Å². The molecule has 21 heavy (non-hydrogen) atoms. The SMILES string of the molecule is COC(=O)C1=C(S(N)(=O)=O)C(NN)C(=C2CCCC2)C=C1. The van der Waals surface area contributed by atoms with Gasteiger partial charge in [-0.15, -0.1) is 0 Å². The number of methoxy groups -OCH3 is 1. The van der Waals surface area contributed by atoms with E-state index in [0.29, 0.717) is 0 Å². The van der Waals surface area contributed by atoms with Gasteiger partial charge in [0.15, 0.2) is 0 Å². The number of rotatable bonds is 3. The Bertz CT molecular complexity index is 638. The number of hydrazine groups is 1. The zero-order valence-electron chi connectivity index (χ0n) is 11.8. The summed E-state index contributed by atoms with van der Waals surface area (Å²) in [5.74, 6) is 4.77. The zero-order valence-corrected chi connectivity index (χ0v) is 12.6. The summed E-state index contributed by atoms with van der Waals surface area (Å²) < 4.78 is 28.4. The largest absolute Gasteiger partial charge is 0.465 e. The number of primary sulfonamides is 1. The second kappa shape index (κ2) is 6.10. The predicted octanol–water partition coefficient (Wildman–Crippen LogP) is -0.0257. The van der Waals surface area contributed by atoms with Gasteiger partial charge in [0, 0.05) is 0 Å². The van der Waals surface area contributed by atoms with Gasteiger partial charge in [0.2, 0.25) is 10.0 Å². The number of hydrogen-bond donors (Lipinski definition) is 3. The highest BCUT2D eigenvalue weighted by Crippen LogP contribution is 2.35. The lowest BCUT2D eigenvalue weighted by Crippen LogP contribution is -2.44. The van der Waals surface area contributed by atoms with Crippen LogP contribution < -0.4 is 16.4 Å². The minimum Gasteiger partial charge on any atom is -0.465 e. The Balaban J connectivity index is 2.62. The molecule has 116 valence electrons. The lowest BCUT2D eigenvalue weighted by Gasteiger charge is -2.26. The van der Waals surface area contributed by atoms with E-state index in [1.807, 2.05) is 0 Å². The van der Waals surface area contributed by atoms with Gasteiger partial charge in [0.25, 0.3) is 0 Å². The highest BCUT2D eigenvalue weighted by Gasteiger charge is 2.35. The summed E-state index contributed by atoms with van der Waals surface area (Å²) in [7, 11) is -2.92. The van der Waals surface area contributed by atoms with Gasteiger partial charge >= 0.3 is 5.97 Å². The second-order valence-corrected chi connectivity index (χ2v) is 6.54. The summed E-state index contributed by atoms with van der Waals surface area (Å²) in [5, 5.41) is 5.27. The molecule has 0 spiro atoms. The smallest absolute Gasteiger partial charge is 0.338 e. The lowest BCUT2D eigenvalue weighted by molar-refractivity contribution is -0.135. The van der Waals surface area contributed by atoms with Gasteiger partial charge in [-0.2, -0.15) is 0 Å². The fraction of sp³-hybridized carbons (Fsp3) is 0.462. The van der Waals surface area contributed by atoms with Crippen LogP contribution in [0.3, 0.4) is 0 Å². The van der Waals surface area contributed by atoms with E-state index in [1.54, 1.807) is 6.08 Å². The third kappa shape index (κ3) is 3.08. The molecular weight excluding hydrogens is 294 g/mol. The highest BCUT2D eigenvalue weighted by atomic mass is 32.2. The molecular formula is C13H19N3O4S. The van der Waals surface area contributed by atoms with E-state index in [4.69, 9.17) is 11.0 Å². The molecule has 0 saturated heterocycles. The predicted molar refractivity (Wildman–Crippen MR) is 77.9 cm³/mol. The lowest BCUT2D eigenvalue weighted by atomic mass is 9.92. The molecule has 0 aromatic heterocycles. The summed E-state index contributed by atoms with van der Waals surface area (Å²) in [6.07, 6.45) is 7.04. The van der Waals surface area contributed by atoms with Gasteiger partial charge in [0.1, 0.15) is 0 Å². The standard InChI is InChI=1S/C13H19N3O4S/c1-20-13(17)10-7-6-9(8-4-2-3-5-8)11(16-14)12(10)21(15,18)19/h6-7,11,16H,2-5,14H2,1H3,(H2,15,18,19). The summed E-state index contributed by atoms with van der Waals surface area (Å²) in [6, 6.07) is -0.827. The quantitative estimate of drug-likeness (QED) is 0.382. The molecule has 0 aromatic carbocycles. The number of ether oxygens (including phenoxy) is 1. The van der Waals surface area contributed by atoms with E-state index in [9.17, 15) is 13.2 Å². The molecule has 0 heterocycles. The van der Waals surface area contributed by atoms with Crippen molar-refractivity contribution < 1.29 is 17.9 Å². The molecule has 1 fully saturated rings. The van der Waals surface area contributed by atoms with Crippen molar-refractivity contribution in [3.8, 4) is 0 Å². The van der Waals surface area contributed by atoms with Crippen LogP contribution in [0.25, 0.3) is 0 Å². The van der Waals surface area contributed by atoms with Crippen LogP contribution in [-0.2, 0) is 19.6 Å². The molecule has 8 heteroatoms. The summed E-state index contributed by atoms with van der Waals surface area (Å²) in [4.78, 5) is 11.5. The van der Waals surface area contributed by atoms with Crippen LogP contribution in [0.5, 0.6) is 0 Å². The maximum atomic E-state index is 11.9. The van der Waals surface area contributed by atoms with Crippen LogP contribution in [0.1, 0.15) is 25.7 Å². The van der Waals surface area contributed by atoms with Crippen molar-refractivity contribution in [2.45, 2.75) is 31.7 Å². The van der Waals surface area contributed by atoms with Crippen LogP contribution in [0, 0.1) is 0 Å². The zero-order chi connectivity index (χ0) is 15.6. The Morgan fingerprint density at radius 1 is 1.33 bits per heavy atom. The van der Waals surface area contributed by atoms with Crippen molar-refractivity contribution in [3.63, 3.8) is 0 Å². The molecule has 0 aliphatic heterocycles. The van der Waals surface area contributed by atoms with Crippen LogP contribution in [-0.4, -0.2) is 27.5 Å². The topological polar surface area (TPSA) is 125 Å². The summed E-state index contributed by atoms with van der Waals surface area (Å²) in [6.45, 7) is 0. The molecule has 2 aliphatic carbocycles. The Morgan fingerprint density at radius 3 is 2.43 bits per heavy atom. The molecule has 0 amide bonds. The van der Waals surface area contributed by atoms with Crippen molar-refractivity contribution in [2.24, 2.45) is 11.0 Å². The fourth-order valence-corrected chi connectivity index (χ4v) is 3.80. The third-order valence-electron chi connectivity index (χ3n) is 3.76. The van der Waals surface area contributed by atoms with Crippen LogP contribution in [0.2, 0.25) is 0 Å². The van der Waals surface area contributed by atoms with Gasteiger partial charge in [-0.3, -0.25) is 5.84 Å². The molecule has 0 bridgehead atoms. The average Bonchev–Trinajstić information content (AvgIpc) is 2.97. The molecule has 2 aliphatic rings. The molecule has 1 atom stereocenters. The van der Waals surface area contributed by atoms with E-state index < -0.39 is 22.0 Å². The number of carbonyl (C=O) groups is 1. The maximum absolute atomic E-state index is 11.9. The van der Waals surface area contributed by atoms with Crippen LogP contribution >= 0.6 is 0 Å². The first-order chi connectivity index (χ1) is 9.90. The number of esters is 1. The van der Waals surface area contributed by atoms with Crippen LogP contribution in [0.15, 0.2) is 33.8 Å². The maximum Gasteiger partial charge on any atom is 0.338 e. The van der Waals surface area contributed by atoms with E-state index in [0.717, 1.165) is 36.8 Å². The number of nitrogens with one attached hydrogen (secondary N) is 1. The van der Waals surface area contributed by atoms with E-state index in [-0.39, 0.29) is 10.5 Å². The first-order valence-corrected chi connectivity index (χ1v) is 8.16. The Kier molecular flexibility index (Phi) is 4.62. The van der Waals surface area contributed by atoms with Crippen molar-refractivity contribution in [2.75, 3.05) is 7.11 Å². The molecule has 0 aromatic rings. The average molecular weight is 313 g/mol. The van der Waals surface area contributed by atoms with Crippen molar-refractivity contribution in [1.29, 1.82) is 0 Å². The number of allylic oxidation sites excluding steroid dienone is 1. The Labute approximate surface area is 123 Å². The molecule has 0 radical (unpaired) electrons. The van der Waals surface area contributed by atoms with Gasteiger partial charge in [-0.25, -0.2) is 23.8 Å². The Morgan fingerprint density at radius 2 is 1.95 bits per heavy atom. The minimum atomic E-state index is -4.10. The van der Waals surface area contributed by atoms with Crippen molar-refractivity contribution >= 4 is 16.0 Å². The van der Waals surface area contributed by atoms with E-state index >= 15 is 0 Å². The molecule has 5 N–H and O–H groups in total. The highest BCUT2D eigenvalue weighted by molar-refractivity contribution is 7.93. The molecule has 7 nitrogen and oxygen atoms in total. The van der Waals surface area contributed by atoms with Gasteiger partial charge < -0.3 is 4.74 Å². The number of sulfonamides is 1. The van der Waals surface area contributed by atoms with Crippen LogP contribution in [0.4, 0.5) is 0 Å². The number of nitrogens with two attached hydrogens (primary N) is 2. The first kappa shape index (κ1) is 15.9. The van der Waals surface area contributed by atoms with Gasteiger partial charge in [-0.05, 0) is 37.3 Å².